The standard InChI is InChI=1S/C35H49N5O6.ClH/c1-2-3-23-40-34(45)39(22-11-10-20-37-33(44)46-27-29-15-8-5-9-16-29)31(41)35(40)18-24-38(25-19-35)30(17-12-21-36-32(42)43)26-28-13-6-4-7-14-28;/h4-9,13-16,30,36H,2-3,10-12,17-27H2,1H3,(H,37,44)(H,42,43);1H. The molecule has 4 rings (SSSR count). The molecule has 2 aromatic carbocycles. The zero-order valence-corrected chi connectivity index (χ0v) is 28.2. The van der Waals surface area contributed by atoms with Gasteiger partial charge < -0.3 is 25.4 Å². The predicted molar refractivity (Wildman–Crippen MR) is 183 cm³/mol. The number of hydrogen-bond acceptors (Lipinski definition) is 6. The number of imide groups is 1. The summed E-state index contributed by atoms with van der Waals surface area (Å²) in [6.45, 7) is 5.33. The number of carboxylic acid groups (broad SMARTS) is 1. The molecule has 1 spiro atoms. The van der Waals surface area contributed by atoms with Gasteiger partial charge in [-0.3, -0.25) is 14.6 Å². The van der Waals surface area contributed by atoms with Crippen LogP contribution >= 0.6 is 12.4 Å². The number of nitrogens with zero attached hydrogens (tertiary/aromatic N) is 3. The van der Waals surface area contributed by atoms with Crippen molar-refractivity contribution < 1.29 is 29.0 Å². The summed E-state index contributed by atoms with van der Waals surface area (Å²) in [6.07, 6.45) is 5.00. The van der Waals surface area contributed by atoms with Crippen molar-refractivity contribution in [3.8, 4) is 0 Å². The number of nitrogens with one attached hydrogen (secondary N) is 2. The molecule has 11 nitrogen and oxygen atoms in total. The number of rotatable bonds is 17. The lowest BCUT2D eigenvalue weighted by atomic mass is 9.84. The SMILES string of the molecule is CCCCN1C(=O)N(CCCCNC(=O)OCc2ccccc2)C(=O)C12CCN(C(CCCNC(=O)O)Cc1ccccc1)CC2.Cl. The fourth-order valence-corrected chi connectivity index (χ4v) is 6.54. The van der Waals surface area contributed by atoms with E-state index in [1.165, 1.54) is 10.5 Å². The molecule has 0 radical (unpaired) electrons. The summed E-state index contributed by atoms with van der Waals surface area (Å²) >= 11 is 0. The third-order valence-corrected chi connectivity index (χ3v) is 9.09. The summed E-state index contributed by atoms with van der Waals surface area (Å²) in [5.41, 5.74) is 1.31. The minimum absolute atomic E-state index is 0. The Hall–Kier alpha value is -3.83. The van der Waals surface area contributed by atoms with Crippen LogP contribution in [0.1, 0.15) is 69.4 Å². The number of benzene rings is 2. The Balaban J connectivity index is 0.00000600. The number of likely N-dealkylation sites (tertiary alicyclic amines) is 1. The van der Waals surface area contributed by atoms with E-state index in [0.717, 1.165) is 37.7 Å². The molecular weight excluding hydrogens is 622 g/mol. The lowest BCUT2D eigenvalue weighted by Gasteiger charge is -2.45. The first-order chi connectivity index (χ1) is 22.3. The molecule has 2 saturated heterocycles. The van der Waals surface area contributed by atoms with Gasteiger partial charge in [-0.15, -0.1) is 12.4 Å². The molecule has 0 saturated carbocycles. The van der Waals surface area contributed by atoms with Crippen molar-refractivity contribution in [3.05, 3.63) is 71.8 Å². The Morgan fingerprint density at radius 3 is 2.15 bits per heavy atom. The maximum Gasteiger partial charge on any atom is 0.407 e. The molecule has 0 aliphatic carbocycles. The van der Waals surface area contributed by atoms with Gasteiger partial charge in [0.25, 0.3) is 5.91 Å². The highest BCUT2D eigenvalue weighted by molar-refractivity contribution is 6.07. The Morgan fingerprint density at radius 1 is 0.872 bits per heavy atom. The number of alkyl carbamates (subject to hydrolysis) is 1. The molecule has 2 fully saturated rings. The van der Waals surface area contributed by atoms with Crippen LogP contribution in [0.15, 0.2) is 60.7 Å². The monoisotopic (exact) mass is 671 g/mol. The van der Waals surface area contributed by atoms with E-state index >= 15 is 0 Å². The molecule has 2 aliphatic heterocycles. The Morgan fingerprint density at radius 2 is 1.51 bits per heavy atom. The number of amides is 5. The summed E-state index contributed by atoms with van der Waals surface area (Å²) < 4.78 is 5.26. The van der Waals surface area contributed by atoms with Crippen molar-refractivity contribution in [2.24, 2.45) is 0 Å². The van der Waals surface area contributed by atoms with Crippen LogP contribution in [0.2, 0.25) is 0 Å². The normalized spacial score (nSPS) is 16.5. The first-order valence-electron chi connectivity index (χ1n) is 16.7. The molecule has 3 N–H and O–H groups in total. The van der Waals surface area contributed by atoms with Crippen LogP contribution in [0, 0.1) is 0 Å². The number of ether oxygens (including phenoxy) is 1. The summed E-state index contributed by atoms with van der Waals surface area (Å²) in [5.74, 6) is -0.103. The zero-order chi connectivity index (χ0) is 32.8. The predicted octanol–water partition coefficient (Wildman–Crippen LogP) is 5.67. The van der Waals surface area contributed by atoms with E-state index in [4.69, 9.17) is 9.84 Å². The highest BCUT2D eigenvalue weighted by Gasteiger charge is 2.57. The molecule has 258 valence electrons. The van der Waals surface area contributed by atoms with Crippen LogP contribution in [-0.2, 0) is 22.6 Å². The third-order valence-electron chi connectivity index (χ3n) is 9.09. The van der Waals surface area contributed by atoms with E-state index in [1.807, 2.05) is 53.4 Å². The Bertz CT molecular complexity index is 1280. The van der Waals surface area contributed by atoms with Crippen LogP contribution in [0.5, 0.6) is 0 Å². The lowest BCUT2D eigenvalue weighted by molar-refractivity contribution is -0.136. The van der Waals surface area contributed by atoms with Gasteiger partial charge in [-0.1, -0.05) is 74.0 Å². The molecule has 2 aromatic rings. The van der Waals surface area contributed by atoms with Gasteiger partial charge in [0, 0.05) is 45.3 Å². The molecule has 1 atom stereocenters. The van der Waals surface area contributed by atoms with Gasteiger partial charge in [-0.2, -0.15) is 0 Å². The van der Waals surface area contributed by atoms with Gasteiger partial charge in [0.2, 0.25) is 0 Å². The van der Waals surface area contributed by atoms with Gasteiger partial charge in [-0.05, 0) is 62.5 Å². The number of carbonyl (C=O) groups excluding carboxylic acids is 3. The summed E-state index contributed by atoms with van der Waals surface area (Å²) in [7, 11) is 0. The molecule has 12 heteroatoms. The van der Waals surface area contributed by atoms with Gasteiger partial charge >= 0.3 is 18.2 Å². The maximum atomic E-state index is 14.0. The van der Waals surface area contributed by atoms with Crippen LogP contribution < -0.4 is 10.6 Å². The molecule has 2 heterocycles. The zero-order valence-electron chi connectivity index (χ0n) is 27.4. The topological polar surface area (TPSA) is 132 Å². The second-order valence-corrected chi connectivity index (χ2v) is 12.2. The summed E-state index contributed by atoms with van der Waals surface area (Å²) in [4.78, 5) is 56.3. The van der Waals surface area contributed by atoms with Crippen molar-refractivity contribution in [2.75, 3.05) is 39.3 Å². The van der Waals surface area contributed by atoms with Crippen LogP contribution in [0.25, 0.3) is 0 Å². The molecule has 2 aliphatic rings. The van der Waals surface area contributed by atoms with Crippen molar-refractivity contribution in [3.63, 3.8) is 0 Å². The largest absolute Gasteiger partial charge is 0.465 e. The number of carbonyl (C=O) groups is 4. The average molecular weight is 672 g/mol. The fourth-order valence-electron chi connectivity index (χ4n) is 6.54. The minimum atomic E-state index is -1.02. The molecule has 5 amide bonds. The second-order valence-electron chi connectivity index (χ2n) is 12.2. The smallest absolute Gasteiger partial charge is 0.407 e. The highest BCUT2D eigenvalue weighted by Crippen LogP contribution is 2.38. The number of halogens is 1. The van der Waals surface area contributed by atoms with Crippen LogP contribution in [0.4, 0.5) is 14.4 Å². The molecule has 1 unspecified atom stereocenters. The molecule has 0 bridgehead atoms. The first kappa shape index (κ1) is 37.6. The second kappa shape index (κ2) is 19.1. The van der Waals surface area contributed by atoms with Crippen molar-refractivity contribution in [1.82, 2.24) is 25.3 Å². The van der Waals surface area contributed by atoms with Gasteiger partial charge in [0.05, 0.1) is 0 Å². The Labute approximate surface area is 284 Å². The third kappa shape index (κ3) is 10.6. The minimum Gasteiger partial charge on any atom is -0.465 e. The van der Waals surface area contributed by atoms with Crippen molar-refractivity contribution in [2.45, 2.75) is 82.9 Å². The van der Waals surface area contributed by atoms with E-state index in [0.29, 0.717) is 65.0 Å². The molecular formula is C35H50ClN5O6. The van der Waals surface area contributed by atoms with Gasteiger partial charge in [0.1, 0.15) is 12.1 Å². The number of hydrogen-bond donors (Lipinski definition) is 3. The van der Waals surface area contributed by atoms with Crippen LogP contribution in [-0.4, -0.2) is 94.8 Å². The highest BCUT2D eigenvalue weighted by atomic mass is 35.5. The maximum absolute atomic E-state index is 14.0. The quantitative estimate of drug-likeness (QED) is 0.146. The van der Waals surface area contributed by atoms with E-state index in [9.17, 15) is 19.2 Å². The fraction of sp³-hybridized carbons (Fsp3) is 0.543. The lowest BCUT2D eigenvalue weighted by Crippen LogP contribution is -2.58. The van der Waals surface area contributed by atoms with Crippen molar-refractivity contribution in [1.29, 1.82) is 0 Å². The van der Waals surface area contributed by atoms with E-state index in [1.54, 1.807) is 0 Å². The van der Waals surface area contributed by atoms with Crippen molar-refractivity contribution >= 4 is 36.5 Å². The van der Waals surface area contributed by atoms with E-state index in [2.05, 4.69) is 34.6 Å². The van der Waals surface area contributed by atoms with Gasteiger partial charge in [0.15, 0.2) is 0 Å². The summed E-state index contributed by atoms with van der Waals surface area (Å²) in [6, 6.07) is 19.7. The average Bonchev–Trinajstić information content (AvgIpc) is 3.25. The molecule has 47 heavy (non-hydrogen) atoms. The number of piperidine rings is 1. The first-order valence-corrected chi connectivity index (χ1v) is 16.7. The van der Waals surface area contributed by atoms with E-state index in [-0.39, 0.29) is 37.0 Å². The van der Waals surface area contributed by atoms with Gasteiger partial charge in [-0.25, -0.2) is 14.4 Å². The molecule has 0 aromatic heterocycles. The number of urea groups is 1. The summed E-state index contributed by atoms with van der Waals surface area (Å²) in [5, 5.41) is 14.2. The van der Waals surface area contributed by atoms with Crippen LogP contribution in [0.3, 0.4) is 0 Å². The Kier molecular flexibility index (Phi) is 15.3. The number of unbranched alkanes of at least 4 members (excludes halogenated alkanes) is 2. The van der Waals surface area contributed by atoms with E-state index < -0.39 is 17.7 Å².